The molecule has 0 radical (unpaired) electrons. The molecule has 0 fully saturated rings. The van der Waals surface area contributed by atoms with Crippen LogP contribution in [0.3, 0.4) is 0 Å². The Bertz CT molecular complexity index is 877. The predicted octanol–water partition coefficient (Wildman–Crippen LogP) is 1.92. The predicted molar refractivity (Wildman–Crippen MR) is 85.2 cm³/mol. The van der Waals surface area contributed by atoms with Crippen molar-refractivity contribution in [3.8, 4) is 0 Å². The number of halogens is 2. The van der Waals surface area contributed by atoms with E-state index in [1.165, 1.54) is 30.5 Å². The summed E-state index contributed by atoms with van der Waals surface area (Å²) in [5, 5.41) is 2.51. The maximum atomic E-state index is 13.1. The quantitative estimate of drug-likeness (QED) is 0.879. The van der Waals surface area contributed by atoms with E-state index in [0.717, 1.165) is 6.07 Å². The van der Waals surface area contributed by atoms with Gasteiger partial charge in [-0.1, -0.05) is 11.6 Å². The van der Waals surface area contributed by atoms with E-state index >= 15 is 0 Å². The van der Waals surface area contributed by atoms with Crippen molar-refractivity contribution < 1.29 is 17.6 Å². The molecule has 120 valence electrons. The number of hydrogen-bond donors (Lipinski definition) is 1. The van der Waals surface area contributed by atoms with Gasteiger partial charge in [-0.05, 0) is 30.4 Å². The molecule has 0 saturated carbocycles. The maximum Gasteiger partial charge on any atom is 0.257 e. The number of carbonyl (C=O) groups is 1. The molecule has 1 N–H and O–H groups in total. The number of hydrogen-bond acceptors (Lipinski definition) is 4. The summed E-state index contributed by atoms with van der Waals surface area (Å²) in [7, 11) is -3.43. The third-order valence-corrected chi connectivity index (χ3v) is 4.72. The smallest absolute Gasteiger partial charge is 0.257 e. The van der Waals surface area contributed by atoms with E-state index in [1.807, 2.05) is 0 Å². The van der Waals surface area contributed by atoms with Crippen molar-refractivity contribution in [1.29, 1.82) is 0 Å². The van der Waals surface area contributed by atoms with Crippen LogP contribution in [0.25, 0.3) is 0 Å². The highest BCUT2D eigenvalue weighted by molar-refractivity contribution is 7.90. The van der Waals surface area contributed by atoms with Crippen molar-refractivity contribution >= 4 is 39.1 Å². The third-order valence-electron chi connectivity index (χ3n) is 3.26. The molecule has 23 heavy (non-hydrogen) atoms. The van der Waals surface area contributed by atoms with Crippen LogP contribution < -0.4 is 5.32 Å². The Balaban J connectivity index is 1.78. The van der Waals surface area contributed by atoms with Gasteiger partial charge in [0.05, 0.1) is 16.3 Å². The van der Waals surface area contributed by atoms with E-state index in [2.05, 4.69) is 9.71 Å². The van der Waals surface area contributed by atoms with Crippen LogP contribution in [0.15, 0.2) is 46.5 Å². The first-order chi connectivity index (χ1) is 10.8. The zero-order valence-electron chi connectivity index (χ0n) is 11.7. The summed E-state index contributed by atoms with van der Waals surface area (Å²) in [4.78, 5) is 13.8. The number of fused-ring (bicyclic) bond motifs is 1. The standard InChI is InChI=1S/C14H11ClFN3O3S/c15-11-7-10(2-3-12(11)16)17-14(20)9-1-4-13-18-23(21,22)6-5-19(13)8-9/h1-4,7-8H,5-6H2,(H,17,20). The Morgan fingerprint density at radius 3 is 2.87 bits per heavy atom. The van der Waals surface area contributed by atoms with Crippen LogP contribution in [-0.2, 0) is 14.8 Å². The topological polar surface area (TPSA) is 78.8 Å². The van der Waals surface area contributed by atoms with Crippen molar-refractivity contribution in [3.63, 3.8) is 0 Å². The van der Waals surface area contributed by atoms with Crippen LogP contribution in [-0.4, -0.2) is 37.4 Å². The number of rotatable bonds is 2. The summed E-state index contributed by atoms with van der Waals surface area (Å²) in [6.45, 7) is 0.227. The Morgan fingerprint density at radius 1 is 1.35 bits per heavy atom. The molecular weight excluding hydrogens is 345 g/mol. The largest absolute Gasteiger partial charge is 0.330 e. The van der Waals surface area contributed by atoms with E-state index in [9.17, 15) is 17.6 Å². The molecule has 0 aliphatic carbocycles. The molecule has 9 heteroatoms. The van der Waals surface area contributed by atoms with Crippen molar-refractivity contribution in [2.75, 3.05) is 17.6 Å². The molecule has 0 saturated heterocycles. The van der Waals surface area contributed by atoms with Crippen LogP contribution >= 0.6 is 11.6 Å². The van der Waals surface area contributed by atoms with Gasteiger partial charge in [0.15, 0.2) is 0 Å². The number of amidine groups is 1. The fraction of sp³-hybridized carbons (Fsp3) is 0.143. The Kier molecular flexibility index (Phi) is 3.95. The van der Waals surface area contributed by atoms with E-state index in [-0.39, 0.29) is 23.2 Å². The van der Waals surface area contributed by atoms with Crippen molar-refractivity contribution in [2.45, 2.75) is 0 Å². The van der Waals surface area contributed by atoms with Crippen LogP contribution in [0.2, 0.25) is 5.02 Å². The zero-order chi connectivity index (χ0) is 16.6. The first-order valence-corrected chi connectivity index (χ1v) is 8.58. The summed E-state index contributed by atoms with van der Waals surface area (Å²) in [6, 6.07) is 3.86. The molecule has 1 aromatic carbocycles. The number of nitrogens with one attached hydrogen (secondary N) is 1. The molecule has 0 atom stereocenters. The highest BCUT2D eigenvalue weighted by atomic mass is 35.5. The number of benzene rings is 1. The minimum absolute atomic E-state index is 0.0911. The Labute approximate surface area is 137 Å². The normalized spacial score (nSPS) is 18.8. The second-order valence-corrected chi connectivity index (χ2v) is 7.09. The molecule has 2 aliphatic rings. The van der Waals surface area contributed by atoms with Gasteiger partial charge in [-0.15, -0.1) is 4.40 Å². The highest BCUT2D eigenvalue weighted by Crippen LogP contribution is 2.21. The fourth-order valence-corrected chi connectivity index (χ4v) is 3.26. The van der Waals surface area contributed by atoms with Crippen LogP contribution in [0, 0.1) is 5.82 Å². The van der Waals surface area contributed by atoms with Gasteiger partial charge in [-0.2, -0.15) is 0 Å². The van der Waals surface area contributed by atoms with Gasteiger partial charge < -0.3 is 10.2 Å². The van der Waals surface area contributed by atoms with E-state index in [0.29, 0.717) is 11.3 Å². The van der Waals surface area contributed by atoms with Gasteiger partial charge in [-0.3, -0.25) is 4.79 Å². The number of sulfonamides is 1. The van der Waals surface area contributed by atoms with E-state index in [4.69, 9.17) is 11.6 Å². The second kappa shape index (κ2) is 5.78. The molecule has 2 aliphatic heterocycles. The average molecular weight is 356 g/mol. The lowest BCUT2D eigenvalue weighted by Gasteiger charge is -2.26. The Hall–Kier alpha value is -2.19. The number of anilines is 1. The minimum atomic E-state index is -3.43. The average Bonchev–Trinajstić information content (AvgIpc) is 2.49. The van der Waals surface area contributed by atoms with Gasteiger partial charge in [0.25, 0.3) is 15.9 Å². The van der Waals surface area contributed by atoms with E-state index < -0.39 is 21.7 Å². The van der Waals surface area contributed by atoms with Crippen LogP contribution in [0.4, 0.5) is 10.1 Å². The lowest BCUT2D eigenvalue weighted by atomic mass is 10.1. The Morgan fingerprint density at radius 2 is 2.13 bits per heavy atom. The molecule has 0 aromatic heterocycles. The SMILES string of the molecule is O=C(Nc1ccc(F)c(Cl)c1)C1=CN2CCS(=O)(=O)N=C2C=C1. The minimum Gasteiger partial charge on any atom is -0.330 e. The molecule has 1 amide bonds. The summed E-state index contributed by atoms with van der Waals surface area (Å²) < 4.78 is 39.6. The van der Waals surface area contributed by atoms with Crippen molar-refractivity contribution in [3.05, 3.63) is 53.0 Å². The maximum absolute atomic E-state index is 13.1. The highest BCUT2D eigenvalue weighted by Gasteiger charge is 2.25. The number of amides is 1. The molecule has 6 nitrogen and oxygen atoms in total. The van der Waals surface area contributed by atoms with Gasteiger partial charge in [0.2, 0.25) is 0 Å². The van der Waals surface area contributed by atoms with E-state index in [1.54, 1.807) is 4.90 Å². The molecule has 1 aromatic rings. The lowest BCUT2D eigenvalue weighted by Crippen LogP contribution is -2.37. The first kappa shape index (κ1) is 15.7. The zero-order valence-corrected chi connectivity index (χ0v) is 13.2. The number of carbonyl (C=O) groups excluding carboxylic acids is 1. The van der Waals surface area contributed by atoms with Gasteiger partial charge in [0, 0.05) is 18.4 Å². The van der Waals surface area contributed by atoms with Gasteiger partial charge in [0.1, 0.15) is 11.7 Å². The summed E-state index contributed by atoms with van der Waals surface area (Å²) in [6.07, 6.45) is 4.45. The molecule has 2 heterocycles. The van der Waals surface area contributed by atoms with Gasteiger partial charge in [-0.25, -0.2) is 12.8 Å². The second-order valence-electron chi connectivity index (χ2n) is 4.93. The van der Waals surface area contributed by atoms with Crippen molar-refractivity contribution in [1.82, 2.24) is 4.90 Å². The van der Waals surface area contributed by atoms with Crippen LogP contribution in [0.5, 0.6) is 0 Å². The summed E-state index contributed by atoms with van der Waals surface area (Å²) in [5.41, 5.74) is 0.681. The molecular formula is C14H11ClFN3O3S. The van der Waals surface area contributed by atoms with Gasteiger partial charge >= 0.3 is 0 Å². The molecule has 0 unspecified atom stereocenters. The van der Waals surface area contributed by atoms with Crippen molar-refractivity contribution in [2.24, 2.45) is 4.40 Å². The number of nitrogens with zero attached hydrogens (tertiary/aromatic N) is 2. The lowest BCUT2D eigenvalue weighted by molar-refractivity contribution is -0.112. The first-order valence-electron chi connectivity index (χ1n) is 6.60. The fourth-order valence-electron chi connectivity index (χ4n) is 2.11. The molecule has 3 rings (SSSR count). The molecule has 0 bridgehead atoms. The summed E-state index contributed by atoms with van der Waals surface area (Å²) >= 11 is 5.67. The third kappa shape index (κ3) is 3.43. The molecule has 0 spiro atoms. The summed E-state index contributed by atoms with van der Waals surface area (Å²) in [5.74, 6) is -0.825. The monoisotopic (exact) mass is 355 g/mol. The van der Waals surface area contributed by atoms with Crippen LogP contribution in [0.1, 0.15) is 0 Å².